The van der Waals surface area contributed by atoms with Crippen molar-refractivity contribution in [3.05, 3.63) is 27.1 Å². The Balaban J connectivity index is 2.29. The third kappa shape index (κ3) is 3.14. The number of aromatic nitrogens is 2. The number of carbonyl (C=O) groups excluding carboxylic acids is 1. The summed E-state index contributed by atoms with van der Waals surface area (Å²) in [5.74, 6) is -0.158. The molecule has 1 N–H and O–H groups in total. The number of aryl methyl sites for hydroxylation is 2. The van der Waals surface area contributed by atoms with E-state index in [1.165, 1.54) is 17.7 Å². The Morgan fingerprint density at radius 1 is 1.52 bits per heavy atom. The van der Waals surface area contributed by atoms with Gasteiger partial charge in [0.25, 0.3) is 11.5 Å². The smallest absolute Gasteiger partial charge is 0.262 e. The molecule has 2 aromatic rings. The van der Waals surface area contributed by atoms with E-state index in [1.54, 1.807) is 18.6 Å². The third-order valence-corrected chi connectivity index (χ3v) is 4.47. The van der Waals surface area contributed by atoms with E-state index in [4.69, 9.17) is 4.74 Å². The quantitative estimate of drug-likeness (QED) is 0.822. The number of amides is 1. The summed E-state index contributed by atoms with van der Waals surface area (Å²) in [4.78, 5) is 29.9. The summed E-state index contributed by atoms with van der Waals surface area (Å²) in [6.45, 7) is 5.41. The average Bonchev–Trinajstić information content (AvgIpc) is 2.82. The number of carbonyl (C=O) groups is 1. The van der Waals surface area contributed by atoms with Crippen LogP contribution in [0.15, 0.2) is 11.1 Å². The van der Waals surface area contributed by atoms with Crippen molar-refractivity contribution in [3.63, 3.8) is 0 Å². The first-order valence-electron chi connectivity index (χ1n) is 6.85. The van der Waals surface area contributed by atoms with Gasteiger partial charge in [0, 0.05) is 26.8 Å². The van der Waals surface area contributed by atoms with Gasteiger partial charge in [-0.1, -0.05) is 0 Å². The zero-order valence-corrected chi connectivity index (χ0v) is 13.2. The lowest BCUT2D eigenvalue weighted by Gasteiger charge is -2.03. The van der Waals surface area contributed by atoms with Gasteiger partial charge in [-0.05, 0) is 25.8 Å². The minimum absolute atomic E-state index is 0.0883. The van der Waals surface area contributed by atoms with Gasteiger partial charge in [0.05, 0.1) is 16.6 Å². The Morgan fingerprint density at radius 2 is 2.29 bits per heavy atom. The Bertz CT molecular complexity index is 705. The Kier molecular flexibility index (Phi) is 5.08. The number of hydrogen-bond acceptors (Lipinski definition) is 5. The molecule has 0 aliphatic carbocycles. The van der Waals surface area contributed by atoms with Gasteiger partial charge in [0.2, 0.25) is 0 Å². The minimum Gasteiger partial charge on any atom is -0.385 e. The molecule has 0 bridgehead atoms. The van der Waals surface area contributed by atoms with Crippen LogP contribution in [0.1, 0.15) is 28.6 Å². The van der Waals surface area contributed by atoms with E-state index >= 15 is 0 Å². The van der Waals surface area contributed by atoms with Gasteiger partial charge in [-0.15, -0.1) is 11.3 Å². The number of fused-ring (bicyclic) bond motifs is 1. The van der Waals surface area contributed by atoms with Gasteiger partial charge in [-0.2, -0.15) is 0 Å². The molecule has 0 aromatic carbocycles. The molecule has 2 heterocycles. The van der Waals surface area contributed by atoms with Crippen molar-refractivity contribution < 1.29 is 9.53 Å². The van der Waals surface area contributed by atoms with E-state index in [0.29, 0.717) is 40.4 Å². The first-order chi connectivity index (χ1) is 10.1. The van der Waals surface area contributed by atoms with Crippen molar-refractivity contribution in [2.24, 2.45) is 0 Å². The standard InChI is InChI=1S/C14H19N3O3S/c1-4-17-8-16-13-10(14(17)19)9(2)11(21-13)12(18)15-6-5-7-20-3/h8H,4-7H2,1-3H3,(H,15,18). The topological polar surface area (TPSA) is 73.2 Å². The predicted molar refractivity (Wildman–Crippen MR) is 83.1 cm³/mol. The Hall–Kier alpha value is -1.73. The van der Waals surface area contributed by atoms with E-state index in [2.05, 4.69) is 10.3 Å². The lowest BCUT2D eigenvalue weighted by molar-refractivity contribution is 0.0952. The second-order valence-corrected chi connectivity index (χ2v) is 5.67. The van der Waals surface area contributed by atoms with Crippen LogP contribution < -0.4 is 10.9 Å². The summed E-state index contributed by atoms with van der Waals surface area (Å²) in [7, 11) is 1.63. The third-order valence-electron chi connectivity index (χ3n) is 3.28. The zero-order valence-electron chi connectivity index (χ0n) is 12.4. The highest BCUT2D eigenvalue weighted by molar-refractivity contribution is 7.20. The Morgan fingerprint density at radius 3 is 2.95 bits per heavy atom. The van der Waals surface area contributed by atoms with Crippen LogP contribution in [0.2, 0.25) is 0 Å². The monoisotopic (exact) mass is 309 g/mol. The highest BCUT2D eigenvalue weighted by Gasteiger charge is 2.18. The van der Waals surface area contributed by atoms with Crippen molar-refractivity contribution in [2.45, 2.75) is 26.8 Å². The molecule has 21 heavy (non-hydrogen) atoms. The summed E-state index contributed by atoms with van der Waals surface area (Å²) in [5, 5.41) is 3.39. The lowest BCUT2D eigenvalue weighted by Crippen LogP contribution is -2.25. The maximum absolute atomic E-state index is 12.3. The summed E-state index contributed by atoms with van der Waals surface area (Å²) in [6.07, 6.45) is 2.29. The molecule has 2 rings (SSSR count). The molecular weight excluding hydrogens is 290 g/mol. The molecule has 0 saturated carbocycles. The first kappa shape index (κ1) is 15.7. The van der Waals surface area contributed by atoms with Crippen molar-refractivity contribution >= 4 is 27.5 Å². The van der Waals surface area contributed by atoms with Crippen molar-refractivity contribution in [3.8, 4) is 0 Å². The van der Waals surface area contributed by atoms with Crippen LogP contribution in [-0.4, -0.2) is 35.7 Å². The summed E-state index contributed by atoms with van der Waals surface area (Å²) in [6, 6.07) is 0. The van der Waals surface area contributed by atoms with Gasteiger partial charge in [-0.25, -0.2) is 4.98 Å². The predicted octanol–water partition coefficient (Wildman–Crippen LogP) is 1.55. The number of nitrogens with one attached hydrogen (secondary N) is 1. The van der Waals surface area contributed by atoms with Crippen molar-refractivity contribution in [1.82, 2.24) is 14.9 Å². The van der Waals surface area contributed by atoms with E-state index in [-0.39, 0.29) is 11.5 Å². The molecule has 0 saturated heterocycles. The van der Waals surface area contributed by atoms with E-state index in [0.717, 1.165) is 6.42 Å². The maximum atomic E-state index is 12.3. The highest BCUT2D eigenvalue weighted by Crippen LogP contribution is 2.26. The molecule has 2 aromatic heterocycles. The van der Waals surface area contributed by atoms with Gasteiger partial charge >= 0.3 is 0 Å². The average molecular weight is 309 g/mol. The number of thiophene rings is 1. The maximum Gasteiger partial charge on any atom is 0.262 e. The molecule has 0 radical (unpaired) electrons. The van der Waals surface area contributed by atoms with Crippen LogP contribution in [0.25, 0.3) is 10.2 Å². The second-order valence-electron chi connectivity index (χ2n) is 4.67. The molecule has 0 atom stereocenters. The van der Waals surface area contributed by atoms with Crippen LogP contribution in [-0.2, 0) is 11.3 Å². The zero-order chi connectivity index (χ0) is 15.4. The number of hydrogen-bond donors (Lipinski definition) is 1. The molecule has 0 aliphatic rings. The van der Waals surface area contributed by atoms with E-state index in [9.17, 15) is 9.59 Å². The summed E-state index contributed by atoms with van der Waals surface area (Å²) < 4.78 is 6.48. The van der Waals surface area contributed by atoms with Gasteiger partial charge in [0.15, 0.2) is 0 Å². The van der Waals surface area contributed by atoms with Crippen LogP contribution in [0.3, 0.4) is 0 Å². The van der Waals surface area contributed by atoms with E-state index < -0.39 is 0 Å². The van der Waals surface area contributed by atoms with Gasteiger partial charge < -0.3 is 10.1 Å². The number of methoxy groups -OCH3 is 1. The molecule has 0 fully saturated rings. The van der Waals surface area contributed by atoms with Crippen molar-refractivity contribution in [2.75, 3.05) is 20.3 Å². The van der Waals surface area contributed by atoms with Crippen LogP contribution in [0.4, 0.5) is 0 Å². The van der Waals surface area contributed by atoms with Crippen molar-refractivity contribution in [1.29, 1.82) is 0 Å². The van der Waals surface area contributed by atoms with Crippen LogP contribution in [0, 0.1) is 6.92 Å². The number of ether oxygens (including phenoxy) is 1. The number of nitrogens with zero attached hydrogens (tertiary/aromatic N) is 2. The Labute approximate surface area is 126 Å². The van der Waals surface area contributed by atoms with Gasteiger partial charge in [-0.3, -0.25) is 14.2 Å². The minimum atomic E-state index is -0.158. The largest absolute Gasteiger partial charge is 0.385 e. The molecule has 114 valence electrons. The molecule has 0 aliphatic heterocycles. The molecule has 7 heteroatoms. The molecule has 0 spiro atoms. The fourth-order valence-electron chi connectivity index (χ4n) is 2.10. The fraction of sp³-hybridized carbons (Fsp3) is 0.500. The molecular formula is C14H19N3O3S. The van der Waals surface area contributed by atoms with Crippen LogP contribution in [0.5, 0.6) is 0 Å². The van der Waals surface area contributed by atoms with Crippen LogP contribution >= 0.6 is 11.3 Å². The summed E-state index contributed by atoms with van der Waals surface area (Å²) >= 11 is 1.26. The fourth-order valence-corrected chi connectivity index (χ4v) is 3.16. The highest BCUT2D eigenvalue weighted by atomic mass is 32.1. The first-order valence-corrected chi connectivity index (χ1v) is 7.67. The molecule has 0 unspecified atom stereocenters. The SMILES string of the molecule is CCn1cnc2sc(C(=O)NCCCOC)c(C)c2c1=O. The normalized spacial score (nSPS) is 11.0. The molecule has 6 nitrogen and oxygen atoms in total. The molecule has 1 amide bonds. The lowest BCUT2D eigenvalue weighted by atomic mass is 10.2. The van der Waals surface area contributed by atoms with E-state index in [1.807, 2.05) is 6.92 Å². The summed E-state index contributed by atoms with van der Waals surface area (Å²) in [5.41, 5.74) is 0.620. The second kappa shape index (κ2) is 6.82. The number of rotatable bonds is 6. The van der Waals surface area contributed by atoms with Gasteiger partial charge in [0.1, 0.15) is 4.83 Å².